The monoisotopic (exact) mass is 297 g/mol. The summed E-state index contributed by atoms with van der Waals surface area (Å²) in [6.45, 7) is 1.79. The van der Waals surface area contributed by atoms with Crippen LogP contribution in [0.2, 0.25) is 0 Å². The Balaban J connectivity index is 3.38. The van der Waals surface area contributed by atoms with Crippen LogP contribution in [-0.4, -0.2) is 39.8 Å². The molecule has 0 aliphatic heterocycles. The second kappa shape index (κ2) is 7.37. The summed E-state index contributed by atoms with van der Waals surface area (Å²) in [5.41, 5.74) is 5.62. The third kappa shape index (κ3) is 3.56. The molecule has 21 heavy (non-hydrogen) atoms. The number of hydrogen-bond donors (Lipinski definition) is 1. The Morgan fingerprint density at radius 2 is 1.62 bits per heavy atom. The van der Waals surface area contributed by atoms with Crippen LogP contribution in [0, 0.1) is 0 Å². The first kappa shape index (κ1) is 16.6. The first-order chi connectivity index (χ1) is 9.99. The highest BCUT2D eigenvalue weighted by Gasteiger charge is 2.30. The van der Waals surface area contributed by atoms with E-state index in [1.54, 1.807) is 6.92 Å². The average molecular weight is 297 g/mol. The van der Waals surface area contributed by atoms with Crippen LogP contribution in [-0.2, 0) is 14.3 Å². The van der Waals surface area contributed by atoms with Gasteiger partial charge in [0.05, 0.1) is 27.9 Å². The maximum absolute atomic E-state index is 11.9. The fourth-order valence-corrected chi connectivity index (χ4v) is 1.91. The van der Waals surface area contributed by atoms with Crippen molar-refractivity contribution < 1.29 is 28.5 Å². The molecule has 0 spiro atoms. The highest BCUT2D eigenvalue weighted by atomic mass is 16.5. The predicted octanol–water partition coefficient (Wildman–Crippen LogP) is 0.844. The molecule has 1 aromatic carbocycles. The van der Waals surface area contributed by atoms with Crippen LogP contribution >= 0.6 is 0 Å². The van der Waals surface area contributed by atoms with Gasteiger partial charge in [-0.15, -0.1) is 0 Å². The van der Waals surface area contributed by atoms with Crippen molar-refractivity contribution in [3.8, 4) is 17.2 Å². The van der Waals surface area contributed by atoms with Crippen LogP contribution in [0.4, 0.5) is 0 Å². The molecule has 1 rings (SSSR count). The van der Waals surface area contributed by atoms with Crippen molar-refractivity contribution in [1.82, 2.24) is 0 Å². The summed E-state index contributed by atoms with van der Waals surface area (Å²) in [6, 6.07) is 2.99. The largest absolute Gasteiger partial charge is 0.493 e. The Morgan fingerprint density at radius 1 is 1.10 bits per heavy atom. The topological polar surface area (TPSA) is 97.1 Å². The summed E-state index contributed by atoms with van der Waals surface area (Å²) < 4.78 is 20.4. The van der Waals surface area contributed by atoms with Crippen molar-refractivity contribution in [2.45, 2.75) is 12.8 Å². The van der Waals surface area contributed by atoms with Gasteiger partial charge >= 0.3 is 5.97 Å². The van der Waals surface area contributed by atoms with Gasteiger partial charge in [-0.25, -0.2) is 0 Å². The molecule has 0 saturated carbocycles. The molecule has 0 aliphatic rings. The lowest BCUT2D eigenvalue weighted by Crippen LogP contribution is -2.30. The normalized spacial score (nSPS) is 11.4. The van der Waals surface area contributed by atoms with Crippen LogP contribution in [0.25, 0.3) is 0 Å². The summed E-state index contributed by atoms with van der Waals surface area (Å²) in [7, 11) is 4.33. The van der Waals surface area contributed by atoms with Gasteiger partial charge in [-0.1, -0.05) is 0 Å². The third-order valence-corrected chi connectivity index (χ3v) is 2.83. The van der Waals surface area contributed by atoms with Crippen LogP contribution in [0.1, 0.15) is 18.4 Å². The number of carbonyl (C=O) groups is 2. The molecule has 1 unspecified atom stereocenters. The fourth-order valence-electron chi connectivity index (χ4n) is 1.91. The Hall–Kier alpha value is -2.44. The van der Waals surface area contributed by atoms with Gasteiger partial charge in [0, 0.05) is 0 Å². The van der Waals surface area contributed by atoms with Crippen molar-refractivity contribution in [3.05, 3.63) is 17.7 Å². The van der Waals surface area contributed by atoms with Gasteiger partial charge in [-0.05, 0) is 24.6 Å². The summed E-state index contributed by atoms with van der Waals surface area (Å²) in [5.74, 6) is -1.78. The minimum atomic E-state index is -1.24. The highest BCUT2D eigenvalue weighted by molar-refractivity contribution is 6.02. The Bertz CT molecular complexity index is 503. The second-order valence-electron chi connectivity index (χ2n) is 4.05. The van der Waals surface area contributed by atoms with Crippen molar-refractivity contribution in [2.75, 3.05) is 27.9 Å². The van der Waals surface area contributed by atoms with E-state index in [0.29, 0.717) is 22.8 Å². The number of amides is 1. The molecule has 116 valence electrons. The molecule has 0 heterocycles. The third-order valence-electron chi connectivity index (χ3n) is 2.83. The molecule has 0 bridgehead atoms. The van der Waals surface area contributed by atoms with Gasteiger partial charge in [-0.3, -0.25) is 9.59 Å². The van der Waals surface area contributed by atoms with E-state index in [1.165, 1.54) is 33.5 Å². The van der Waals surface area contributed by atoms with E-state index in [4.69, 9.17) is 24.7 Å². The van der Waals surface area contributed by atoms with Crippen molar-refractivity contribution in [3.63, 3.8) is 0 Å². The van der Waals surface area contributed by atoms with Gasteiger partial charge in [0.2, 0.25) is 11.7 Å². The zero-order chi connectivity index (χ0) is 16.0. The van der Waals surface area contributed by atoms with Crippen molar-refractivity contribution in [1.29, 1.82) is 0 Å². The number of rotatable bonds is 7. The fraction of sp³-hybridized carbons (Fsp3) is 0.429. The van der Waals surface area contributed by atoms with Crippen molar-refractivity contribution >= 4 is 11.9 Å². The molecule has 1 atom stereocenters. The number of benzene rings is 1. The number of nitrogens with two attached hydrogens (primary N) is 1. The quantitative estimate of drug-likeness (QED) is 0.592. The lowest BCUT2D eigenvalue weighted by molar-refractivity contribution is -0.147. The van der Waals surface area contributed by atoms with E-state index >= 15 is 0 Å². The van der Waals surface area contributed by atoms with Gasteiger partial charge in [0.25, 0.3) is 0 Å². The number of esters is 1. The zero-order valence-corrected chi connectivity index (χ0v) is 12.5. The molecule has 2 N–H and O–H groups in total. The number of ether oxygens (including phenoxy) is 4. The van der Waals surface area contributed by atoms with E-state index in [2.05, 4.69) is 0 Å². The minimum Gasteiger partial charge on any atom is -0.493 e. The summed E-state index contributed by atoms with van der Waals surface area (Å²) >= 11 is 0. The SMILES string of the molecule is CCOC(=O)C(C(N)=O)c1cc(OC)c(OC)c(OC)c1. The molecule has 1 aromatic rings. The highest BCUT2D eigenvalue weighted by Crippen LogP contribution is 2.40. The van der Waals surface area contributed by atoms with E-state index in [1.807, 2.05) is 0 Å². The summed E-state index contributed by atoms with van der Waals surface area (Å²) in [6.07, 6.45) is 0. The first-order valence-corrected chi connectivity index (χ1v) is 6.25. The Kier molecular flexibility index (Phi) is 5.83. The maximum atomic E-state index is 11.9. The van der Waals surface area contributed by atoms with Gasteiger partial charge in [0.1, 0.15) is 0 Å². The number of methoxy groups -OCH3 is 3. The second-order valence-corrected chi connectivity index (χ2v) is 4.05. The molecule has 7 nitrogen and oxygen atoms in total. The molecular weight excluding hydrogens is 278 g/mol. The molecule has 0 aliphatic carbocycles. The lowest BCUT2D eigenvalue weighted by Gasteiger charge is -2.17. The number of hydrogen-bond acceptors (Lipinski definition) is 6. The summed E-state index contributed by atoms with van der Waals surface area (Å²) in [4.78, 5) is 23.5. The zero-order valence-electron chi connectivity index (χ0n) is 12.5. The predicted molar refractivity (Wildman–Crippen MR) is 74.7 cm³/mol. The molecule has 0 fully saturated rings. The number of primary amides is 1. The van der Waals surface area contributed by atoms with Crippen LogP contribution in [0.15, 0.2) is 12.1 Å². The number of carbonyl (C=O) groups excluding carboxylic acids is 2. The van der Waals surface area contributed by atoms with Crippen LogP contribution in [0.5, 0.6) is 17.2 Å². The summed E-state index contributed by atoms with van der Waals surface area (Å²) in [5, 5.41) is 0. The smallest absolute Gasteiger partial charge is 0.323 e. The molecule has 7 heteroatoms. The Labute approximate surface area is 122 Å². The van der Waals surface area contributed by atoms with Gasteiger partial charge in [0.15, 0.2) is 17.4 Å². The van der Waals surface area contributed by atoms with Crippen LogP contribution < -0.4 is 19.9 Å². The standard InChI is InChI=1S/C14H19NO6/c1-5-21-14(17)11(13(15)16)8-6-9(18-2)12(20-4)10(7-8)19-3/h6-7,11H,5H2,1-4H3,(H2,15,16). The van der Waals surface area contributed by atoms with Crippen LogP contribution in [0.3, 0.4) is 0 Å². The van der Waals surface area contributed by atoms with E-state index in [0.717, 1.165) is 0 Å². The van der Waals surface area contributed by atoms with Crippen molar-refractivity contribution in [2.24, 2.45) is 5.73 Å². The van der Waals surface area contributed by atoms with Gasteiger partial charge in [-0.2, -0.15) is 0 Å². The van der Waals surface area contributed by atoms with Gasteiger partial charge < -0.3 is 24.7 Å². The van der Waals surface area contributed by atoms with E-state index in [-0.39, 0.29) is 6.61 Å². The Morgan fingerprint density at radius 3 is 1.95 bits per heavy atom. The lowest BCUT2D eigenvalue weighted by atomic mass is 9.97. The molecule has 0 radical (unpaired) electrons. The first-order valence-electron chi connectivity index (χ1n) is 6.25. The van der Waals surface area contributed by atoms with E-state index < -0.39 is 17.8 Å². The molecule has 0 saturated heterocycles. The minimum absolute atomic E-state index is 0.146. The average Bonchev–Trinajstić information content (AvgIpc) is 2.46. The molecule has 1 amide bonds. The molecular formula is C14H19NO6. The van der Waals surface area contributed by atoms with E-state index in [9.17, 15) is 9.59 Å². The molecule has 0 aromatic heterocycles. The maximum Gasteiger partial charge on any atom is 0.323 e.